The molecular formula is C13H17N3. The highest BCUT2D eigenvalue weighted by Crippen LogP contribution is 2.36. The van der Waals surface area contributed by atoms with Gasteiger partial charge in [0.05, 0.1) is 17.1 Å². The van der Waals surface area contributed by atoms with E-state index in [1.807, 2.05) is 13.0 Å². The third kappa shape index (κ3) is 1.35. The van der Waals surface area contributed by atoms with E-state index < -0.39 is 0 Å². The average molecular weight is 215 g/mol. The van der Waals surface area contributed by atoms with E-state index in [0.29, 0.717) is 6.04 Å². The SMILES string of the molecule is C[C@@H](N)c1nc2ccccc2n1C1CCC1. The van der Waals surface area contributed by atoms with Gasteiger partial charge in [-0.1, -0.05) is 12.1 Å². The lowest BCUT2D eigenvalue weighted by Gasteiger charge is -2.29. The second-order valence-corrected chi connectivity index (χ2v) is 4.70. The Morgan fingerprint density at radius 1 is 1.38 bits per heavy atom. The van der Waals surface area contributed by atoms with E-state index in [4.69, 9.17) is 5.73 Å². The fraction of sp³-hybridized carbons (Fsp3) is 0.462. The quantitative estimate of drug-likeness (QED) is 0.837. The van der Waals surface area contributed by atoms with Crippen molar-refractivity contribution in [2.45, 2.75) is 38.3 Å². The number of aromatic nitrogens is 2. The number of rotatable bonds is 2. The van der Waals surface area contributed by atoms with Crippen LogP contribution in [-0.4, -0.2) is 9.55 Å². The number of hydrogen-bond acceptors (Lipinski definition) is 2. The van der Waals surface area contributed by atoms with Gasteiger partial charge in [-0.2, -0.15) is 0 Å². The molecule has 0 amide bonds. The Balaban J connectivity index is 2.23. The Morgan fingerprint density at radius 3 is 2.75 bits per heavy atom. The minimum Gasteiger partial charge on any atom is -0.324 e. The van der Waals surface area contributed by atoms with Crippen molar-refractivity contribution in [1.82, 2.24) is 9.55 Å². The maximum absolute atomic E-state index is 6.01. The molecule has 0 unspecified atom stereocenters. The van der Waals surface area contributed by atoms with E-state index in [2.05, 4.69) is 27.8 Å². The number of nitrogens with zero attached hydrogens (tertiary/aromatic N) is 2. The highest BCUT2D eigenvalue weighted by molar-refractivity contribution is 5.76. The van der Waals surface area contributed by atoms with Crippen LogP contribution in [-0.2, 0) is 0 Å². The molecule has 0 bridgehead atoms. The van der Waals surface area contributed by atoms with E-state index in [0.717, 1.165) is 11.3 Å². The molecule has 1 fully saturated rings. The molecule has 0 saturated heterocycles. The molecule has 1 aromatic heterocycles. The molecule has 2 aromatic rings. The molecule has 0 aliphatic heterocycles. The monoisotopic (exact) mass is 215 g/mol. The Bertz CT molecular complexity index is 509. The molecule has 1 saturated carbocycles. The Hall–Kier alpha value is -1.35. The predicted molar refractivity (Wildman–Crippen MR) is 65.2 cm³/mol. The molecule has 3 nitrogen and oxygen atoms in total. The van der Waals surface area contributed by atoms with Gasteiger partial charge >= 0.3 is 0 Å². The maximum atomic E-state index is 6.01. The summed E-state index contributed by atoms with van der Waals surface area (Å²) in [4.78, 5) is 4.65. The molecule has 0 radical (unpaired) electrons. The molecule has 0 spiro atoms. The first-order chi connectivity index (χ1) is 7.77. The van der Waals surface area contributed by atoms with E-state index >= 15 is 0 Å². The van der Waals surface area contributed by atoms with Crippen molar-refractivity contribution in [2.24, 2.45) is 5.73 Å². The summed E-state index contributed by atoms with van der Waals surface area (Å²) in [6, 6.07) is 8.94. The summed E-state index contributed by atoms with van der Waals surface area (Å²) >= 11 is 0. The number of benzene rings is 1. The van der Waals surface area contributed by atoms with Crippen LogP contribution in [0.2, 0.25) is 0 Å². The van der Waals surface area contributed by atoms with E-state index in [-0.39, 0.29) is 6.04 Å². The fourth-order valence-electron chi connectivity index (χ4n) is 2.41. The molecule has 1 aliphatic rings. The van der Waals surface area contributed by atoms with Crippen LogP contribution in [0.15, 0.2) is 24.3 Å². The van der Waals surface area contributed by atoms with Gasteiger partial charge < -0.3 is 10.3 Å². The molecule has 1 atom stereocenters. The van der Waals surface area contributed by atoms with Gasteiger partial charge in [0, 0.05) is 6.04 Å². The highest BCUT2D eigenvalue weighted by atomic mass is 15.1. The normalized spacial score (nSPS) is 18.6. The third-order valence-electron chi connectivity index (χ3n) is 3.47. The molecule has 16 heavy (non-hydrogen) atoms. The number of hydrogen-bond donors (Lipinski definition) is 1. The first kappa shape index (κ1) is 9.85. The lowest BCUT2D eigenvalue weighted by Crippen LogP contribution is -2.22. The van der Waals surface area contributed by atoms with Crippen molar-refractivity contribution in [3.05, 3.63) is 30.1 Å². The summed E-state index contributed by atoms with van der Waals surface area (Å²) in [5, 5.41) is 0. The Labute approximate surface area is 95.3 Å². The van der Waals surface area contributed by atoms with Gasteiger partial charge in [0.15, 0.2) is 0 Å². The lowest BCUT2D eigenvalue weighted by molar-refractivity contribution is 0.310. The van der Waals surface area contributed by atoms with Crippen LogP contribution in [0.3, 0.4) is 0 Å². The van der Waals surface area contributed by atoms with E-state index in [9.17, 15) is 0 Å². The maximum Gasteiger partial charge on any atom is 0.126 e. The smallest absolute Gasteiger partial charge is 0.126 e. The molecular weight excluding hydrogens is 198 g/mol. The summed E-state index contributed by atoms with van der Waals surface area (Å²) in [5.74, 6) is 1.03. The zero-order valence-electron chi connectivity index (χ0n) is 9.56. The zero-order chi connectivity index (χ0) is 11.1. The van der Waals surface area contributed by atoms with Gasteiger partial charge in [-0.15, -0.1) is 0 Å². The number of para-hydroxylation sites is 2. The minimum atomic E-state index is 0.00741. The first-order valence-electron chi connectivity index (χ1n) is 6.00. The van der Waals surface area contributed by atoms with Crippen LogP contribution in [0.5, 0.6) is 0 Å². The molecule has 3 heteroatoms. The standard InChI is InChI=1S/C13H17N3/c1-9(14)13-15-11-7-2-3-8-12(11)16(13)10-5-4-6-10/h2-3,7-10H,4-6,14H2,1H3/t9-/m1/s1. The van der Waals surface area contributed by atoms with Gasteiger partial charge in [0.1, 0.15) is 5.82 Å². The van der Waals surface area contributed by atoms with E-state index in [1.54, 1.807) is 0 Å². The Kier molecular flexibility index (Phi) is 2.21. The van der Waals surface area contributed by atoms with Gasteiger partial charge in [-0.25, -0.2) is 4.98 Å². The van der Waals surface area contributed by atoms with Gasteiger partial charge in [-0.3, -0.25) is 0 Å². The van der Waals surface area contributed by atoms with Gasteiger partial charge in [0.2, 0.25) is 0 Å². The summed E-state index contributed by atoms with van der Waals surface area (Å²) in [5.41, 5.74) is 8.32. The summed E-state index contributed by atoms with van der Waals surface area (Å²) < 4.78 is 2.35. The lowest BCUT2D eigenvalue weighted by atomic mass is 9.92. The average Bonchev–Trinajstić information content (AvgIpc) is 2.56. The number of nitrogens with two attached hydrogens (primary N) is 1. The van der Waals surface area contributed by atoms with Crippen LogP contribution < -0.4 is 5.73 Å². The van der Waals surface area contributed by atoms with Crippen LogP contribution in [0.4, 0.5) is 0 Å². The highest BCUT2D eigenvalue weighted by Gasteiger charge is 2.25. The molecule has 84 valence electrons. The summed E-state index contributed by atoms with van der Waals surface area (Å²) in [6.45, 7) is 2.01. The first-order valence-corrected chi connectivity index (χ1v) is 6.00. The predicted octanol–water partition coefficient (Wildman–Crippen LogP) is 2.78. The molecule has 2 N–H and O–H groups in total. The second kappa shape index (κ2) is 3.59. The van der Waals surface area contributed by atoms with Crippen molar-refractivity contribution < 1.29 is 0 Å². The zero-order valence-corrected chi connectivity index (χ0v) is 9.56. The van der Waals surface area contributed by atoms with Crippen LogP contribution in [0, 0.1) is 0 Å². The van der Waals surface area contributed by atoms with Crippen molar-refractivity contribution >= 4 is 11.0 Å². The minimum absolute atomic E-state index is 0.00741. The van der Waals surface area contributed by atoms with Crippen molar-refractivity contribution in [2.75, 3.05) is 0 Å². The van der Waals surface area contributed by atoms with E-state index in [1.165, 1.54) is 24.8 Å². The molecule has 1 aliphatic carbocycles. The number of imidazole rings is 1. The van der Waals surface area contributed by atoms with Gasteiger partial charge in [-0.05, 0) is 38.3 Å². The van der Waals surface area contributed by atoms with Gasteiger partial charge in [0.25, 0.3) is 0 Å². The van der Waals surface area contributed by atoms with Crippen LogP contribution in [0.25, 0.3) is 11.0 Å². The molecule has 1 aromatic carbocycles. The van der Waals surface area contributed by atoms with Crippen molar-refractivity contribution in [1.29, 1.82) is 0 Å². The summed E-state index contributed by atoms with van der Waals surface area (Å²) in [7, 11) is 0. The topological polar surface area (TPSA) is 43.8 Å². The van der Waals surface area contributed by atoms with Crippen molar-refractivity contribution in [3.63, 3.8) is 0 Å². The second-order valence-electron chi connectivity index (χ2n) is 4.70. The van der Waals surface area contributed by atoms with Crippen LogP contribution in [0.1, 0.15) is 44.1 Å². The fourth-order valence-corrected chi connectivity index (χ4v) is 2.41. The Morgan fingerprint density at radius 2 is 2.12 bits per heavy atom. The summed E-state index contributed by atoms with van der Waals surface area (Å²) in [6.07, 6.45) is 3.86. The molecule has 3 rings (SSSR count). The largest absolute Gasteiger partial charge is 0.324 e. The number of fused-ring (bicyclic) bond motifs is 1. The van der Waals surface area contributed by atoms with Crippen LogP contribution >= 0.6 is 0 Å². The molecule has 1 heterocycles. The third-order valence-corrected chi connectivity index (χ3v) is 3.47. The van der Waals surface area contributed by atoms with Crippen molar-refractivity contribution in [3.8, 4) is 0 Å².